The fourth-order valence-electron chi connectivity index (χ4n) is 0.243. The van der Waals surface area contributed by atoms with Crippen molar-refractivity contribution in [3.05, 3.63) is 0 Å². The summed E-state index contributed by atoms with van der Waals surface area (Å²) in [6, 6.07) is 0. The van der Waals surface area contributed by atoms with Gasteiger partial charge in [-0.3, -0.25) is 0 Å². The summed E-state index contributed by atoms with van der Waals surface area (Å²) >= 11 is 0. The molecule has 2 aliphatic heterocycles. The Morgan fingerprint density at radius 1 is 1.20 bits per heavy atom. The van der Waals surface area contributed by atoms with E-state index in [1.54, 1.807) is 0 Å². The van der Waals surface area contributed by atoms with E-state index in [1.807, 2.05) is 0 Å². The van der Waals surface area contributed by atoms with Gasteiger partial charge in [-0.1, -0.05) is 0 Å². The van der Waals surface area contributed by atoms with E-state index in [0.717, 1.165) is 0 Å². The van der Waals surface area contributed by atoms with Crippen LogP contribution in [0.1, 0.15) is 0 Å². The summed E-state index contributed by atoms with van der Waals surface area (Å²) in [7, 11) is -0.667. The minimum Gasteiger partial charge on any atom is -0.124 e. The smallest absolute Gasteiger partial charge is 0.0615 e. The van der Waals surface area contributed by atoms with Crippen molar-refractivity contribution in [1.29, 1.82) is 0 Å². The number of rotatable bonds is 0. The van der Waals surface area contributed by atoms with E-state index < -0.39 is 10.6 Å². The molecule has 2 nitrogen and oxygen atoms in total. The van der Waals surface area contributed by atoms with Crippen LogP contribution in [0.25, 0.3) is 0 Å². The van der Waals surface area contributed by atoms with E-state index in [1.165, 1.54) is 11.5 Å². The fourth-order valence-corrected chi connectivity index (χ4v) is 1.37. The average Bonchev–Trinajstić information content (AvgIpc) is 2.17. The highest BCUT2D eigenvalue weighted by Crippen LogP contribution is 2.76. The molecule has 0 amide bonds. The van der Waals surface area contributed by atoms with E-state index >= 15 is 0 Å². The molecule has 0 aromatic rings. The Morgan fingerprint density at radius 2 is 1.80 bits per heavy atom. The summed E-state index contributed by atoms with van der Waals surface area (Å²) < 4.78 is 9.18. The van der Waals surface area contributed by atoms with Crippen LogP contribution in [0.2, 0.25) is 0 Å². The van der Waals surface area contributed by atoms with Crippen LogP contribution >= 0.6 is 10.6 Å². The standard InChI is InChI=1S/C2H4O2S/c1-2-5(1)3-4-5/h1-2H2. The zero-order chi connectivity index (χ0) is 3.33. The lowest BCUT2D eigenvalue weighted by molar-refractivity contribution is 0.0850. The van der Waals surface area contributed by atoms with Gasteiger partial charge in [-0.15, -0.1) is 19.3 Å². The van der Waals surface area contributed by atoms with Gasteiger partial charge < -0.3 is 0 Å². The Kier molecular flexibility index (Phi) is 0.212. The molecule has 2 heterocycles. The van der Waals surface area contributed by atoms with Crippen LogP contribution in [-0.4, -0.2) is 11.5 Å². The normalized spacial score (nSPS) is 44.8. The van der Waals surface area contributed by atoms with Gasteiger partial charge in [-0.05, 0) is 0 Å². The predicted molar refractivity (Wildman–Crippen MR) is 19.5 cm³/mol. The molecule has 0 aromatic carbocycles. The molecule has 1 spiro atoms. The molecule has 0 atom stereocenters. The fraction of sp³-hybridized carbons (Fsp3) is 1.00. The molecule has 2 aliphatic rings. The first-order chi connectivity index (χ1) is 2.41. The molecule has 0 aliphatic carbocycles. The van der Waals surface area contributed by atoms with E-state index in [-0.39, 0.29) is 0 Å². The first kappa shape index (κ1) is 2.44. The lowest BCUT2D eigenvalue weighted by Gasteiger charge is -1.65. The van der Waals surface area contributed by atoms with Gasteiger partial charge in [0.05, 0.1) is 11.5 Å². The molecule has 5 heavy (non-hydrogen) atoms. The summed E-state index contributed by atoms with van der Waals surface area (Å²) in [6.07, 6.45) is 0. The maximum atomic E-state index is 4.59. The molecule has 0 saturated carbocycles. The van der Waals surface area contributed by atoms with Crippen LogP contribution < -0.4 is 0 Å². The Bertz CT molecular complexity index is 50.5. The van der Waals surface area contributed by atoms with Crippen molar-refractivity contribution in [1.82, 2.24) is 0 Å². The third kappa shape index (κ3) is 0.209. The third-order valence-electron chi connectivity index (χ3n) is 0.798. The van der Waals surface area contributed by atoms with Crippen molar-refractivity contribution in [2.75, 3.05) is 11.5 Å². The molecule has 3 heteroatoms. The molecule has 0 aromatic heterocycles. The zero-order valence-corrected chi connectivity index (χ0v) is 3.46. The van der Waals surface area contributed by atoms with Crippen LogP contribution in [0.15, 0.2) is 0 Å². The molecule has 2 fully saturated rings. The van der Waals surface area contributed by atoms with Crippen molar-refractivity contribution in [3.8, 4) is 0 Å². The molecule has 30 valence electrons. The van der Waals surface area contributed by atoms with Crippen molar-refractivity contribution in [2.24, 2.45) is 0 Å². The second kappa shape index (κ2) is 0.433. The zero-order valence-electron chi connectivity index (χ0n) is 2.64. The maximum absolute atomic E-state index is 4.59. The predicted octanol–water partition coefficient (Wildman–Crippen LogP) is 0.596. The number of hydrogen-bond donors (Lipinski definition) is 0. The molecule has 0 unspecified atom stereocenters. The molecular weight excluding hydrogens is 88.1 g/mol. The van der Waals surface area contributed by atoms with Crippen molar-refractivity contribution >= 4 is 10.6 Å². The Morgan fingerprint density at radius 3 is 1.80 bits per heavy atom. The second-order valence-electron chi connectivity index (χ2n) is 1.29. The summed E-state index contributed by atoms with van der Waals surface area (Å²) in [4.78, 5) is 0. The van der Waals surface area contributed by atoms with Crippen molar-refractivity contribution in [3.63, 3.8) is 0 Å². The molecule has 0 radical (unpaired) electrons. The molecular formula is C2H4O2S. The second-order valence-corrected chi connectivity index (χ2v) is 3.86. The van der Waals surface area contributed by atoms with Gasteiger partial charge in [-0.25, -0.2) is 0 Å². The molecule has 2 rings (SSSR count). The first-order valence-corrected chi connectivity index (χ1v) is 3.40. The highest BCUT2D eigenvalue weighted by molar-refractivity contribution is 8.35. The highest BCUT2D eigenvalue weighted by Gasteiger charge is 2.51. The van der Waals surface area contributed by atoms with Crippen LogP contribution in [0, 0.1) is 0 Å². The monoisotopic (exact) mass is 92.0 g/mol. The first-order valence-electron chi connectivity index (χ1n) is 1.58. The molecule has 2 saturated heterocycles. The largest absolute Gasteiger partial charge is 0.124 e. The minimum absolute atomic E-state index is 0.667. The van der Waals surface area contributed by atoms with Crippen LogP contribution in [0.3, 0.4) is 0 Å². The Balaban J connectivity index is 2.30. The van der Waals surface area contributed by atoms with Gasteiger partial charge in [-0.2, -0.15) is 0 Å². The minimum atomic E-state index is -0.667. The van der Waals surface area contributed by atoms with Gasteiger partial charge in [0.25, 0.3) is 0 Å². The summed E-state index contributed by atoms with van der Waals surface area (Å²) in [5, 5.41) is 0. The quantitative estimate of drug-likeness (QED) is 0.323. The Labute approximate surface area is 31.7 Å². The van der Waals surface area contributed by atoms with Gasteiger partial charge in [0.2, 0.25) is 0 Å². The summed E-state index contributed by atoms with van der Waals surface area (Å²) in [5.74, 6) is 2.40. The van der Waals surface area contributed by atoms with Crippen molar-refractivity contribution in [2.45, 2.75) is 0 Å². The average molecular weight is 92.1 g/mol. The van der Waals surface area contributed by atoms with Gasteiger partial charge >= 0.3 is 0 Å². The summed E-state index contributed by atoms with van der Waals surface area (Å²) in [5.41, 5.74) is 0. The molecule has 0 bridgehead atoms. The topological polar surface area (TPSA) is 25.1 Å². The van der Waals surface area contributed by atoms with Crippen LogP contribution in [0.4, 0.5) is 0 Å². The Hall–Kier alpha value is 0.270. The SMILES string of the molecule is C1CS12OO2. The van der Waals surface area contributed by atoms with E-state index in [9.17, 15) is 0 Å². The van der Waals surface area contributed by atoms with E-state index in [0.29, 0.717) is 0 Å². The maximum Gasteiger partial charge on any atom is 0.0615 e. The summed E-state index contributed by atoms with van der Waals surface area (Å²) in [6.45, 7) is 0. The number of hydrogen-bond acceptors (Lipinski definition) is 2. The third-order valence-corrected chi connectivity index (χ3v) is 2.39. The van der Waals surface area contributed by atoms with Crippen molar-refractivity contribution < 1.29 is 8.67 Å². The van der Waals surface area contributed by atoms with Crippen LogP contribution in [-0.2, 0) is 8.67 Å². The van der Waals surface area contributed by atoms with Gasteiger partial charge in [0.1, 0.15) is 0 Å². The lowest BCUT2D eigenvalue weighted by Crippen LogP contribution is -1.25. The highest BCUT2D eigenvalue weighted by atomic mass is 32.3. The van der Waals surface area contributed by atoms with Gasteiger partial charge in [0, 0.05) is 0 Å². The van der Waals surface area contributed by atoms with Crippen LogP contribution in [0.5, 0.6) is 0 Å². The van der Waals surface area contributed by atoms with E-state index in [4.69, 9.17) is 0 Å². The van der Waals surface area contributed by atoms with E-state index in [2.05, 4.69) is 8.67 Å². The lowest BCUT2D eigenvalue weighted by atomic mass is 11.0. The van der Waals surface area contributed by atoms with Gasteiger partial charge in [0.15, 0.2) is 0 Å². The molecule has 0 N–H and O–H groups in total.